The molecule has 5 N–H and O–H groups in total. The van der Waals surface area contributed by atoms with Crippen LogP contribution >= 0.6 is 11.5 Å². The number of anilines is 3. The second kappa shape index (κ2) is 11.8. The molecule has 0 saturated heterocycles. The molecule has 0 radical (unpaired) electrons. The molecule has 0 aliphatic rings. The number of carbonyl (C=O) groups is 3. The molecule has 0 unspecified atom stereocenters. The van der Waals surface area contributed by atoms with Gasteiger partial charge in [0.15, 0.2) is 5.69 Å². The van der Waals surface area contributed by atoms with E-state index in [1.54, 1.807) is 12.1 Å². The summed E-state index contributed by atoms with van der Waals surface area (Å²) in [5, 5.41) is 2.98. The number of amides is 3. The monoisotopic (exact) mass is 542 g/mol. The van der Waals surface area contributed by atoms with Crippen molar-refractivity contribution in [3.63, 3.8) is 0 Å². The molecule has 3 aromatic carbocycles. The molecular formula is C29H30N6O3S. The minimum atomic E-state index is -1.06. The molecule has 4 aromatic rings. The van der Waals surface area contributed by atoms with Crippen LogP contribution in [0.25, 0.3) is 0 Å². The van der Waals surface area contributed by atoms with Gasteiger partial charge in [-0.2, -0.15) is 4.37 Å². The molecule has 39 heavy (non-hydrogen) atoms. The summed E-state index contributed by atoms with van der Waals surface area (Å²) in [6, 6.07) is 23.1. The van der Waals surface area contributed by atoms with Crippen molar-refractivity contribution in [1.82, 2.24) is 9.69 Å². The minimum absolute atomic E-state index is 0.0233. The zero-order chi connectivity index (χ0) is 28.1. The number of aryl methyl sites for hydroxylation is 1. The number of hydrogen-bond acceptors (Lipinski definition) is 7. The molecule has 9 nitrogen and oxygen atoms in total. The van der Waals surface area contributed by atoms with Gasteiger partial charge in [-0.3, -0.25) is 19.3 Å². The maximum Gasteiger partial charge on any atom is 0.273 e. The summed E-state index contributed by atoms with van der Waals surface area (Å²) in [5.41, 5.74) is 15.2. The lowest BCUT2D eigenvalue weighted by molar-refractivity contribution is -0.122. The van der Waals surface area contributed by atoms with Gasteiger partial charge in [-0.1, -0.05) is 60.2 Å². The fourth-order valence-electron chi connectivity index (χ4n) is 4.08. The van der Waals surface area contributed by atoms with E-state index in [1.165, 1.54) is 4.90 Å². The van der Waals surface area contributed by atoms with E-state index in [4.69, 9.17) is 11.5 Å². The van der Waals surface area contributed by atoms with E-state index >= 15 is 0 Å². The van der Waals surface area contributed by atoms with Crippen molar-refractivity contribution in [2.75, 3.05) is 29.6 Å². The molecule has 3 amide bonds. The molecule has 0 fully saturated rings. The van der Waals surface area contributed by atoms with Gasteiger partial charge in [0, 0.05) is 32.0 Å². The van der Waals surface area contributed by atoms with Crippen LogP contribution in [0.15, 0.2) is 78.9 Å². The predicted molar refractivity (Wildman–Crippen MR) is 155 cm³/mol. The number of nitrogen functional groups attached to an aromatic ring is 1. The van der Waals surface area contributed by atoms with E-state index in [0.717, 1.165) is 28.3 Å². The number of hydrogen-bond donors (Lipinski definition) is 3. The normalized spacial score (nSPS) is 11.5. The maximum atomic E-state index is 14.1. The van der Waals surface area contributed by atoms with Crippen molar-refractivity contribution in [2.45, 2.75) is 19.5 Å². The average Bonchev–Trinajstić information content (AvgIpc) is 3.33. The van der Waals surface area contributed by atoms with E-state index in [1.807, 2.05) is 92.6 Å². The van der Waals surface area contributed by atoms with Crippen LogP contribution in [0.5, 0.6) is 0 Å². The molecule has 1 heterocycles. The first-order valence-corrected chi connectivity index (χ1v) is 13.0. The zero-order valence-corrected chi connectivity index (χ0v) is 22.7. The lowest BCUT2D eigenvalue weighted by atomic mass is 10.0. The molecule has 200 valence electrons. The second-order valence-electron chi connectivity index (χ2n) is 9.24. The van der Waals surface area contributed by atoms with Gasteiger partial charge in [-0.25, -0.2) is 0 Å². The first-order valence-electron chi connectivity index (χ1n) is 12.2. The van der Waals surface area contributed by atoms with Gasteiger partial charge < -0.3 is 21.7 Å². The van der Waals surface area contributed by atoms with Crippen LogP contribution in [-0.2, 0) is 11.3 Å². The smallest absolute Gasteiger partial charge is 0.273 e. The van der Waals surface area contributed by atoms with Gasteiger partial charge in [0.25, 0.3) is 11.8 Å². The van der Waals surface area contributed by atoms with Crippen molar-refractivity contribution in [2.24, 2.45) is 5.73 Å². The Hall–Kier alpha value is -4.70. The number of benzene rings is 3. The summed E-state index contributed by atoms with van der Waals surface area (Å²) in [7, 11) is 3.84. The highest BCUT2D eigenvalue weighted by molar-refractivity contribution is 7.09. The van der Waals surface area contributed by atoms with Gasteiger partial charge in [0.1, 0.15) is 10.9 Å². The largest absolute Gasteiger partial charge is 0.395 e. The molecule has 10 heteroatoms. The molecule has 1 aromatic heterocycles. The van der Waals surface area contributed by atoms with Gasteiger partial charge in [0.05, 0.1) is 5.69 Å². The number of aromatic nitrogens is 1. The quantitative estimate of drug-likeness (QED) is 0.294. The highest BCUT2D eigenvalue weighted by atomic mass is 32.1. The van der Waals surface area contributed by atoms with Crippen LogP contribution in [0.3, 0.4) is 0 Å². The Morgan fingerprint density at radius 3 is 2.10 bits per heavy atom. The Bertz CT molecular complexity index is 1470. The molecule has 1 atom stereocenters. The number of nitrogens with one attached hydrogen (secondary N) is 1. The van der Waals surface area contributed by atoms with E-state index in [0.29, 0.717) is 11.3 Å². The van der Waals surface area contributed by atoms with Crippen LogP contribution in [-0.4, -0.2) is 36.2 Å². The van der Waals surface area contributed by atoms with Crippen molar-refractivity contribution < 1.29 is 14.4 Å². The standard InChI is InChI=1S/C29H30N6O3S/c1-18-9-13-22(14-10-18)35(29(38)26-23(30)24(27(31)36)33-39-26)25(20-11-15-21(16-12-20)34(2)3)28(37)32-17-19-7-5-4-6-8-19/h4-16,25H,17,30H2,1-3H3,(H2,31,36)(H,32,37)/t25-/m1/s1. The first-order chi connectivity index (χ1) is 18.7. The number of carbonyl (C=O) groups excluding carboxylic acids is 3. The third-order valence-corrected chi connectivity index (χ3v) is 7.08. The van der Waals surface area contributed by atoms with Crippen molar-refractivity contribution in [3.05, 3.63) is 106 Å². The summed E-state index contributed by atoms with van der Waals surface area (Å²) in [5.74, 6) is -1.79. The first kappa shape index (κ1) is 27.3. The molecule has 0 saturated carbocycles. The van der Waals surface area contributed by atoms with E-state index in [-0.39, 0.29) is 28.7 Å². The van der Waals surface area contributed by atoms with Crippen molar-refractivity contribution in [3.8, 4) is 0 Å². The van der Waals surface area contributed by atoms with Gasteiger partial charge in [-0.05, 0) is 53.8 Å². The fourth-order valence-corrected chi connectivity index (χ4v) is 4.82. The van der Waals surface area contributed by atoms with Crippen LogP contribution in [0, 0.1) is 6.92 Å². The Kier molecular flexibility index (Phi) is 8.26. The van der Waals surface area contributed by atoms with Crippen LogP contribution in [0.2, 0.25) is 0 Å². The minimum Gasteiger partial charge on any atom is -0.395 e. The van der Waals surface area contributed by atoms with Gasteiger partial charge >= 0.3 is 0 Å². The summed E-state index contributed by atoms with van der Waals surface area (Å²) in [6.45, 7) is 2.21. The third-order valence-electron chi connectivity index (χ3n) is 6.23. The molecule has 0 bridgehead atoms. The second-order valence-corrected chi connectivity index (χ2v) is 10.0. The summed E-state index contributed by atoms with van der Waals surface area (Å²) in [4.78, 5) is 43.2. The predicted octanol–water partition coefficient (Wildman–Crippen LogP) is 3.90. The third kappa shape index (κ3) is 6.07. The van der Waals surface area contributed by atoms with Crippen LogP contribution in [0.1, 0.15) is 42.9 Å². The Labute approximate surface area is 231 Å². The topological polar surface area (TPSA) is 135 Å². The maximum absolute atomic E-state index is 14.1. The Morgan fingerprint density at radius 2 is 1.54 bits per heavy atom. The molecular weight excluding hydrogens is 512 g/mol. The molecule has 0 aliphatic heterocycles. The fraction of sp³-hybridized carbons (Fsp3) is 0.172. The van der Waals surface area contributed by atoms with E-state index < -0.39 is 17.9 Å². The molecule has 0 aliphatic carbocycles. The van der Waals surface area contributed by atoms with E-state index in [2.05, 4.69) is 9.69 Å². The SMILES string of the molecule is Cc1ccc(N(C(=O)c2snc(C(N)=O)c2N)[C@@H](C(=O)NCc2ccccc2)c2ccc(N(C)C)cc2)cc1. The van der Waals surface area contributed by atoms with E-state index in [9.17, 15) is 14.4 Å². The van der Waals surface area contributed by atoms with Crippen molar-refractivity contribution in [1.29, 1.82) is 0 Å². The molecule has 4 rings (SSSR count). The number of rotatable bonds is 9. The summed E-state index contributed by atoms with van der Waals surface area (Å²) in [6.07, 6.45) is 0. The van der Waals surface area contributed by atoms with Gasteiger partial charge in [0.2, 0.25) is 5.91 Å². The zero-order valence-electron chi connectivity index (χ0n) is 21.9. The Balaban J connectivity index is 1.83. The van der Waals surface area contributed by atoms with Crippen LogP contribution in [0.4, 0.5) is 17.1 Å². The number of nitrogens with two attached hydrogens (primary N) is 2. The summed E-state index contributed by atoms with van der Waals surface area (Å²) >= 11 is 0.774. The highest BCUT2D eigenvalue weighted by Crippen LogP contribution is 2.34. The lowest BCUT2D eigenvalue weighted by Gasteiger charge is -2.31. The van der Waals surface area contributed by atoms with Gasteiger partial charge in [-0.15, -0.1) is 0 Å². The lowest BCUT2D eigenvalue weighted by Crippen LogP contribution is -2.44. The highest BCUT2D eigenvalue weighted by Gasteiger charge is 2.36. The Morgan fingerprint density at radius 1 is 0.923 bits per heavy atom. The van der Waals surface area contributed by atoms with Crippen LogP contribution < -0.4 is 26.6 Å². The molecule has 0 spiro atoms. The number of primary amides is 1. The summed E-state index contributed by atoms with van der Waals surface area (Å²) < 4.78 is 4.00. The van der Waals surface area contributed by atoms with Crippen molar-refractivity contribution >= 4 is 46.3 Å². The number of nitrogens with zero attached hydrogens (tertiary/aromatic N) is 3. The average molecular weight is 543 g/mol.